The van der Waals surface area contributed by atoms with Crippen LogP contribution in [-0.4, -0.2) is 21.6 Å². The third-order valence-corrected chi connectivity index (χ3v) is 6.84. The Balaban J connectivity index is 1.74. The van der Waals surface area contributed by atoms with Crippen LogP contribution in [0.15, 0.2) is 91.6 Å². The Kier molecular flexibility index (Phi) is 5.76. The van der Waals surface area contributed by atoms with Crippen molar-refractivity contribution in [2.24, 2.45) is 5.10 Å². The number of carbonyl (C=O) groups is 1. The summed E-state index contributed by atoms with van der Waals surface area (Å²) >= 11 is 7.02. The lowest BCUT2D eigenvalue weighted by Crippen LogP contribution is -2.24. The Hall–Kier alpha value is -3.03. The Bertz CT molecular complexity index is 1460. The summed E-state index contributed by atoms with van der Waals surface area (Å²) in [4.78, 5) is 28.9. The molecule has 33 heavy (non-hydrogen) atoms. The third kappa shape index (κ3) is 4.07. The number of hydrazone groups is 1. The molecule has 0 spiro atoms. The number of nitrogens with one attached hydrogen (secondary N) is 1. The highest BCUT2D eigenvalue weighted by molar-refractivity contribution is 9.10. The predicted molar refractivity (Wildman–Crippen MR) is 138 cm³/mol. The van der Waals surface area contributed by atoms with Gasteiger partial charge in [-0.05, 0) is 41.5 Å². The predicted octanol–water partition coefficient (Wildman–Crippen LogP) is 6.42. The fourth-order valence-corrected chi connectivity index (χ4v) is 4.97. The van der Waals surface area contributed by atoms with Crippen molar-refractivity contribution in [2.75, 3.05) is 0 Å². The van der Waals surface area contributed by atoms with Crippen molar-refractivity contribution < 1.29 is 4.79 Å². The van der Waals surface area contributed by atoms with Gasteiger partial charge < -0.3 is 4.98 Å². The van der Waals surface area contributed by atoms with E-state index in [9.17, 15) is 9.59 Å². The van der Waals surface area contributed by atoms with E-state index in [0.717, 1.165) is 36.5 Å². The standard InChI is InChI=1S/C26H19Br2N3O2/c1-15(32)31-23(16-7-9-18(27)10-8-16)14-22(30-31)25-24(17-5-3-2-4-6-17)20-13-19(28)11-12-21(20)29-26(25)33/h2-13,23H,14H2,1H3,(H,29,33)/t23-/m1/s1. The summed E-state index contributed by atoms with van der Waals surface area (Å²) in [6.45, 7) is 1.50. The van der Waals surface area contributed by atoms with Crippen LogP contribution < -0.4 is 5.56 Å². The van der Waals surface area contributed by atoms with Gasteiger partial charge >= 0.3 is 0 Å². The van der Waals surface area contributed by atoms with Crippen molar-refractivity contribution in [1.29, 1.82) is 0 Å². The first-order valence-corrected chi connectivity index (χ1v) is 12.0. The number of benzene rings is 3. The maximum absolute atomic E-state index is 13.4. The average Bonchev–Trinajstić information content (AvgIpc) is 3.25. The molecule has 5 rings (SSSR count). The molecule has 0 unspecified atom stereocenters. The van der Waals surface area contributed by atoms with Crippen molar-refractivity contribution >= 4 is 54.4 Å². The summed E-state index contributed by atoms with van der Waals surface area (Å²) in [5.74, 6) is -0.167. The Morgan fingerprint density at radius 1 is 0.970 bits per heavy atom. The molecular formula is C26H19Br2N3O2. The molecule has 3 aromatic carbocycles. The number of hydrogen-bond acceptors (Lipinski definition) is 3. The van der Waals surface area contributed by atoms with Crippen molar-refractivity contribution in [3.8, 4) is 11.1 Å². The third-order valence-electron chi connectivity index (χ3n) is 5.82. The van der Waals surface area contributed by atoms with Crippen LogP contribution in [0.4, 0.5) is 0 Å². The molecule has 0 fully saturated rings. The van der Waals surface area contributed by atoms with Gasteiger partial charge in [-0.1, -0.05) is 74.3 Å². The van der Waals surface area contributed by atoms with Gasteiger partial charge in [-0.2, -0.15) is 5.10 Å². The molecule has 1 amide bonds. The van der Waals surface area contributed by atoms with E-state index in [-0.39, 0.29) is 17.5 Å². The summed E-state index contributed by atoms with van der Waals surface area (Å²) in [5, 5.41) is 7.07. The molecule has 1 aliphatic heterocycles. The number of nitrogens with zero attached hydrogens (tertiary/aromatic N) is 2. The number of amides is 1. The largest absolute Gasteiger partial charge is 0.321 e. The number of hydrogen-bond donors (Lipinski definition) is 1. The molecule has 0 radical (unpaired) electrons. The summed E-state index contributed by atoms with van der Waals surface area (Å²) in [6.07, 6.45) is 0.448. The SMILES string of the molecule is CC(=O)N1N=C(c2c(-c3ccccc3)c3cc(Br)ccc3[nH]c2=O)C[C@@H]1c1ccc(Br)cc1. The monoisotopic (exact) mass is 563 g/mol. The Morgan fingerprint density at radius 2 is 1.67 bits per heavy atom. The number of carbonyl (C=O) groups excluding carboxylic acids is 1. The van der Waals surface area contributed by atoms with Crippen LogP contribution in [0.2, 0.25) is 0 Å². The Morgan fingerprint density at radius 3 is 2.36 bits per heavy atom. The second-order valence-corrected chi connectivity index (χ2v) is 9.77. The van der Waals surface area contributed by atoms with Crippen molar-refractivity contribution in [3.05, 3.63) is 103 Å². The number of halogens is 2. The van der Waals surface area contributed by atoms with Gasteiger partial charge in [-0.3, -0.25) is 9.59 Å². The molecule has 2 heterocycles. The van der Waals surface area contributed by atoms with Crippen LogP contribution in [-0.2, 0) is 4.79 Å². The first-order chi connectivity index (χ1) is 15.9. The zero-order valence-electron chi connectivity index (χ0n) is 17.7. The number of pyridine rings is 1. The van der Waals surface area contributed by atoms with Crippen LogP contribution in [0.5, 0.6) is 0 Å². The van der Waals surface area contributed by atoms with Crippen LogP contribution in [0.1, 0.15) is 30.5 Å². The number of rotatable bonds is 3. The highest BCUT2D eigenvalue weighted by Gasteiger charge is 2.34. The van der Waals surface area contributed by atoms with Crippen LogP contribution in [0.3, 0.4) is 0 Å². The number of aromatic amines is 1. The van der Waals surface area contributed by atoms with E-state index in [2.05, 4.69) is 41.9 Å². The number of fused-ring (bicyclic) bond motifs is 1. The summed E-state index contributed by atoms with van der Waals surface area (Å²) < 4.78 is 1.87. The van der Waals surface area contributed by atoms with Crippen molar-refractivity contribution in [3.63, 3.8) is 0 Å². The van der Waals surface area contributed by atoms with E-state index in [1.54, 1.807) is 0 Å². The van der Waals surface area contributed by atoms with E-state index in [1.807, 2.05) is 72.8 Å². The van der Waals surface area contributed by atoms with Crippen LogP contribution in [0.25, 0.3) is 22.0 Å². The van der Waals surface area contributed by atoms with Crippen LogP contribution >= 0.6 is 31.9 Å². The summed E-state index contributed by atoms with van der Waals surface area (Å²) in [5.41, 5.74) is 4.33. The average molecular weight is 565 g/mol. The van der Waals surface area contributed by atoms with Crippen LogP contribution in [0, 0.1) is 0 Å². The van der Waals surface area contributed by atoms with Crippen molar-refractivity contribution in [1.82, 2.24) is 9.99 Å². The van der Waals surface area contributed by atoms with E-state index >= 15 is 0 Å². The van der Waals surface area contributed by atoms with Gasteiger partial charge in [0.1, 0.15) is 0 Å². The quantitative estimate of drug-likeness (QED) is 0.312. The summed E-state index contributed by atoms with van der Waals surface area (Å²) in [6, 6.07) is 23.2. The first kappa shape index (κ1) is 21.8. The zero-order valence-corrected chi connectivity index (χ0v) is 20.9. The van der Waals surface area contributed by atoms with Gasteiger partial charge in [0.2, 0.25) is 5.91 Å². The molecule has 1 aliphatic rings. The topological polar surface area (TPSA) is 65.5 Å². The minimum atomic E-state index is -0.271. The van der Waals surface area contributed by atoms with Gasteiger partial charge in [0.15, 0.2) is 0 Å². The van der Waals surface area contributed by atoms with E-state index in [1.165, 1.54) is 11.9 Å². The summed E-state index contributed by atoms with van der Waals surface area (Å²) in [7, 11) is 0. The smallest absolute Gasteiger partial charge is 0.258 e. The second kappa shape index (κ2) is 8.72. The molecule has 0 saturated carbocycles. The lowest BCUT2D eigenvalue weighted by molar-refractivity contribution is -0.130. The molecule has 1 N–H and O–H groups in total. The van der Waals surface area contributed by atoms with Gasteiger partial charge in [-0.15, -0.1) is 0 Å². The molecule has 0 saturated heterocycles. The number of H-pyrrole nitrogens is 1. The van der Waals surface area contributed by atoms with Crippen molar-refractivity contribution in [2.45, 2.75) is 19.4 Å². The van der Waals surface area contributed by atoms with Gasteiger partial charge in [0, 0.05) is 38.8 Å². The molecule has 0 aliphatic carbocycles. The molecule has 1 atom stereocenters. The molecular weight excluding hydrogens is 546 g/mol. The molecule has 0 bridgehead atoms. The maximum Gasteiger partial charge on any atom is 0.258 e. The van der Waals surface area contributed by atoms with Gasteiger partial charge in [0.25, 0.3) is 5.56 Å². The highest BCUT2D eigenvalue weighted by atomic mass is 79.9. The zero-order chi connectivity index (χ0) is 23.1. The fourth-order valence-electron chi connectivity index (χ4n) is 4.34. The fraction of sp³-hybridized carbons (Fsp3) is 0.115. The molecule has 1 aromatic heterocycles. The normalized spacial score (nSPS) is 15.7. The molecule has 7 heteroatoms. The molecule has 164 valence electrons. The maximum atomic E-state index is 13.4. The molecule has 4 aromatic rings. The highest BCUT2D eigenvalue weighted by Crippen LogP contribution is 2.37. The van der Waals surface area contributed by atoms with E-state index in [4.69, 9.17) is 0 Å². The lowest BCUT2D eigenvalue weighted by Gasteiger charge is -2.20. The molecule has 5 nitrogen and oxygen atoms in total. The minimum Gasteiger partial charge on any atom is -0.321 e. The minimum absolute atomic E-state index is 0.167. The second-order valence-electron chi connectivity index (χ2n) is 7.94. The van der Waals surface area contributed by atoms with Gasteiger partial charge in [-0.25, -0.2) is 5.01 Å². The first-order valence-electron chi connectivity index (χ1n) is 10.5. The number of aromatic nitrogens is 1. The van der Waals surface area contributed by atoms with E-state index < -0.39 is 0 Å². The Labute approximate surface area is 207 Å². The van der Waals surface area contributed by atoms with E-state index in [0.29, 0.717) is 17.7 Å². The van der Waals surface area contributed by atoms with Gasteiger partial charge in [0.05, 0.1) is 17.3 Å². The lowest BCUT2D eigenvalue weighted by atomic mass is 9.91.